The van der Waals surface area contributed by atoms with Gasteiger partial charge < -0.3 is 10.1 Å². The van der Waals surface area contributed by atoms with E-state index in [1.807, 2.05) is 36.4 Å². The maximum absolute atomic E-state index is 12.1. The number of nitrogens with one attached hydrogen (secondary N) is 1. The molecule has 0 aliphatic carbocycles. The number of halogens is 1. The number of hydrogen-bond acceptors (Lipinski definition) is 3. The summed E-state index contributed by atoms with van der Waals surface area (Å²) in [5.74, 6) is -0.313. The summed E-state index contributed by atoms with van der Waals surface area (Å²) in [5.41, 5.74) is 3.10. The van der Waals surface area contributed by atoms with Crippen LogP contribution in [0.5, 0.6) is 0 Å². The number of hydrogen-bond donors (Lipinski definition) is 1. The fourth-order valence-corrected chi connectivity index (χ4v) is 2.55. The van der Waals surface area contributed by atoms with Crippen LogP contribution in [0.25, 0.3) is 0 Å². The lowest BCUT2D eigenvalue weighted by atomic mass is 9.87. The Morgan fingerprint density at radius 1 is 1.04 bits per heavy atom. The second-order valence-electron chi connectivity index (χ2n) is 6.48. The molecule has 0 saturated carbocycles. The zero-order chi connectivity index (χ0) is 17.0. The van der Waals surface area contributed by atoms with Gasteiger partial charge in [0, 0.05) is 10.2 Å². The molecule has 0 radical (unpaired) electrons. The van der Waals surface area contributed by atoms with Gasteiger partial charge in [-0.25, -0.2) is 4.79 Å². The van der Waals surface area contributed by atoms with E-state index in [4.69, 9.17) is 4.74 Å². The van der Waals surface area contributed by atoms with Crippen LogP contribution in [0, 0.1) is 0 Å². The van der Waals surface area contributed by atoms with Crippen LogP contribution >= 0.6 is 15.9 Å². The van der Waals surface area contributed by atoms with Crippen molar-refractivity contribution in [1.29, 1.82) is 0 Å². The fourth-order valence-electron chi connectivity index (χ4n) is 2.28. The van der Waals surface area contributed by atoms with E-state index in [0.29, 0.717) is 0 Å². The number of ether oxygens (including phenoxy) is 1. The SMILES string of the molecule is COC(=O)C(Nc1ccc(C(C)(C)C)cc1)c1ccc(Br)cc1. The molecule has 0 amide bonds. The van der Waals surface area contributed by atoms with Gasteiger partial charge in [-0.15, -0.1) is 0 Å². The molecule has 1 atom stereocenters. The molecule has 0 aliphatic rings. The van der Waals surface area contributed by atoms with Crippen LogP contribution in [0.15, 0.2) is 53.0 Å². The summed E-state index contributed by atoms with van der Waals surface area (Å²) in [6, 6.07) is 15.3. The first-order valence-corrected chi connectivity index (χ1v) is 8.31. The molecular weight excluding hydrogens is 354 g/mol. The van der Waals surface area contributed by atoms with Crippen LogP contribution in [-0.4, -0.2) is 13.1 Å². The second kappa shape index (κ2) is 7.18. The topological polar surface area (TPSA) is 38.3 Å². The van der Waals surface area contributed by atoms with Gasteiger partial charge in [-0.3, -0.25) is 0 Å². The normalized spacial score (nSPS) is 12.6. The highest BCUT2D eigenvalue weighted by molar-refractivity contribution is 9.10. The molecule has 122 valence electrons. The zero-order valence-electron chi connectivity index (χ0n) is 13.9. The van der Waals surface area contributed by atoms with Crippen molar-refractivity contribution >= 4 is 27.6 Å². The molecule has 1 unspecified atom stereocenters. The minimum absolute atomic E-state index is 0.103. The van der Waals surface area contributed by atoms with E-state index in [9.17, 15) is 4.79 Å². The van der Waals surface area contributed by atoms with Gasteiger partial charge in [0.1, 0.15) is 0 Å². The lowest BCUT2D eigenvalue weighted by Crippen LogP contribution is -2.22. The van der Waals surface area contributed by atoms with Crippen LogP contribution < -0.4 is 5.32 Å². The van der Waals surface area contributed by atoms with Crippen molar-refractivity contribution in [3.05, 3.63) is 64.1 Å². The van der Waals surface area contributed by atoms with Gasteiger partial charge in [-0.05, 0) is 40.8 Å². The van der Waals surface area contributed by atoms with E-state index in [2.05, 4.69) is 54.2 Å². The summed E-state index contributed by atoms with van der Waals surface area (Å²) in [6.07, 6.45) is 0. The maximum Gasteiger partial charge on any atom is 0.332 e. The van der Waals surface area contributed by atoms with Crippen LogP contribution in [0.1, 0.15) is 37.9 Å². The minimum atomic E-state index is -0.534. The van der Waals surface area contributed by atoms with Crippen LogP contribution in [0.3, 0.4) is 0 Å². The first kappa shape index (κ1) is 17.5. The predicted octanol–water partition coefficient (Wildman–Crippen LogP) is 5.07. The summed E-state index contributed by atoms with van der Waals surface area (Å²) >= 11 is 3.41. The molecule has 2 aromatic carbocycles. The summed E-state index contributed by atoms with van der Waals surface area (Å²) in [4.78, 5) is 12.1. The zero-order valence-corrected chi connectivity index (χ0v) is 15.5. The molecule has 2 rings (SSSR count). The number of esters is 1. The molecule has 0 fully saturated rings. The number of rotatable bonds is 4. The molecule has 0 spiro atoms. The Hall–Kier alpha value is -1.81. The van der Waals surface area contributed by atoms with Gasteiger partial charge >= 0.3 is 5.97 Å². The fraction of sp³-hybridized carbons (Fsp3) is 0.316. The molecular formula is C19H22BrNO2. The van der Waals surface area contributed by atoms with Crippen molar-refractivity contribution in [3.8, 4) is 0 Å². The smallest absolute Gasteiger partial charge is 0.332 e. The molecule has 2 aromatic rings. The molecule has 0 aromatic heterocycles. The Kier molecular flexibility index (Phi) is 5.47. The lowest BCUT2D eigenvalue weighted by Gasteiger charge is -2.21. The standard InChI is InChI=1S/C19H22BrNO2/c1-19(2,3)14-7-11-16(12-8-14)21-17(18(22)23-4)13-5-9-15(20)10-6-13/h5-12,17,21H,1-4H3. The molecule has 0 heterocycles. The number of benzene rings is 2. The highest BCUT2D eigenvalue weighted by atomic mass is 79.9. The third-order valence-electron chi connectivity index (χ3n) is 3.70. The average molecular weight is 376 g/mol. The average Bonchev–Trinajstić information content (AvgIpc) is 2.52. The summed E-state index contributed by atoms with van der Waals surface area (Å²) in [6.45, 7) is 6.53. The summed E-state index contributed by atoms with van der Waals surface area (Å²) < 4.78 is 5.91. The van der Waals surface area contributed by atoms with Crippen LogP contribution in [0.2, 0.25) is 0 Å². The van der Waals surface area contributed by atoms with Gasteiger partial charge in [0.15, 0.2) is 6.04 Å². The number of anilines is 1. The Bertz CT molecular complexity index is 657. The first-order valence-electron chi connectivity index (χ1n) is 7.51. The van der Waals surface area contributed by atoms with E-state index in [1.165, 1.54) is 12.7 Å². The van der Waals surface area contributed by atoms with E-state index in [0.717, 1.165) is 15.7 Å². The van der Waals surface area contributed by atoms with E-state index in [1.54, 1.807) is 0 Å². The summed E-state index contributed by atoms with van der Waals surface area (Å²) in [5, 5.41) is 3.25. The van der Waals surface area contributed by atoms with Crippen molar-refractivity contribution in [2.75, 3.05) is 12.4 Å². The largest absolute Gasteiger partial charge is 0.467 e. The third-order valence-corrected chi connectivity index (χ3v) is 4.23. The van der Waals surface area contributed by atoms with E-state index >= 15 is 0 Å². The second-order valence-corrected chi connectivity index (χ2v) is 7.40. The monoisotopic (exact) mass is 375 g/mol. The maximum atomic E-state index is 12.1. The number of methoxy groups -OCH3 is 1. The number of carbonyl (C=O) groups excluding carboxylic acids is 1. The van der Waals surface area contributed by atoms with Crippen LogP contribution in [0.4, 0.5) is 5.69 Å². The van der Waals surface area contributed by atoms with Gasteiger partial charge in [-0.1, -0.05) is 61.0 Å². The Morgan fingerprint density at radius 2 is 1.61 bits per heavy atom. The van der Waals surface area contributed by atoms with Gasteiger partial charge in [0.2, 0.25) is 0 Å². The molecule has 0 aliphatic heterocycles. The lowest BCUT2D eigenvalue weighted by molar-refractivity contribution is -0.141. The van der Waals surface area contributed by atoms with E-state index < -0.39 is 6.04 Å². The van der Waals surface area contributed by atoms with Crippen molar-refractivity contribution in [3.63, 3.8) is 0 Å². The Labute approximate surface area is 146 Å². The Morgan fingerprint density at radius 3 is 2.09 bits per heavy atom. The molecule has 0 bridgehead atoms. The Balaban J connectivity index is 2.24. The van der Waals surface area contributed by atoms with Crippen molar-refractivity contribution < 1.29 is 9.53 Å². The quantitative estimate of drug-likeness (QED) is 0.757. The highest BCUT2D eigenvalue weighted by Gasteiger charge is 2.21. The minimum Gasteiger partial charge on any atom is -0.467 e. The van der Waals surface area contributed by atoms with Crippen molar-refractivity contribution in [2.45, 2.75) is 32.2 Å². The van der Waals surface area contributed by atoms with Crippen molar-refractivity contribution in [2.24, 2.45) is 0 Å². The third kappa shape index (κ3) is 4.58. The molecule has 23 heavy (non-hydrogen) atoms. The van der Waals surface area contributed by atoms with Gasteiger partial charge in [0.05, 0.1) is 7.11 Å². The molecule has 1 N–H and O–H groups in total. The van der Waals surface area contributed by atoms with Gasteiger partial charge in [0.25, 0.3) is 0 Å². The molecule has 3 nitrogen and oxygen atoms in total. The summed E-state index contributed by atoms with van der Waals surface area (Å²) in [7, 11) is 1.40. The molecule has 4 heteroatoms. The highest BCUT2D eigenvalue weighted by Crippen LogP contribution is 2.26. The van der Waals surface area contributed by atoms with E-state index in [-0.39, 0.29) is 11.4 Å². The molecule has 0 saturated heterocycles. The van der Waals surface area contributed by atoms with Crippen molar-refractivity contribution in [1.82, 2.24) is 0 Å². The van der Waals surface area contributed by atoms with Crippen LogP contribution in [-0.2, 0) is 14.9 Å². The number of carbonyl (C=O) groups is 1. The van der Waals surface area contributed by atoms with Gasteiger partial charge in [-0.2, -0.15) is 0 Å². The predicted molar refractivity (Wildman–Crippen MR) is 97.7 cm³/mol. The first-order chi connectivity index (χ1) is 10.8.